The van der Waals surface area contributed by atoms with E-state index >= 15 is 0 Å². The van der Waals surface area contributed by atoms with E-state index in [-0.39, 0.29) is 19.3 Å². The zero-order valence-electron chi connectivity index (χ0n) is 13.1. The van der Waals surface area contributed by atoms with Crippen LogP contribution in [0.1, 0.15) is 46.5 Å². The lowest BCUT2D eigenvalue weighted by atomic mass is 9.85. The third kappa shape index (κ3) is 8.69. The summed E-state index contributed by atoms with van der Waals surface area (Å²) in [6, 6.07) is 0. The van der Waals surface area contributed by atoms with Crippen molar-refractivity contribution >= 4 is 11.9 Å². The minimum Gasteiger partial charge on any atom is -0.481 e. The van der Waals surface area contributed by atoms with Gasteiger partial charge in [-0.1, -0.05) is 6.08 Å². The fourth-order valence-corrected chi connectivity index (χ4v) is 2.00. The Hall–Kier alpha value is -1.53. The van der Waals surface area contributed by atoms with Gasteiger partial charge in [-0.2, -0.15) is 13.2 Å². The fourth-order valence-electron chi connectivity index (χ4n) is 2.00. The van der Waals surface area contributed by atoms with Crippen LogP contribution in [0.25, 0.3) is 0 Å². The van der Waals surface area contributed by atoms with E-state index in [2.05, 4.69) is 6.58 Å². The molecule has 0 aliphatic heterocycles. The van der Waals surface area contributed by atoms with Crippen molar-refractivity contribution in [1.82, 2.24) is 0 Å². The van der Waals surface area contributed by atoms with Crippen molar-refractivity contribution in [3.05, 3.63) is 12.7 Å². The zero-order chi connectivity index (χ0) is 17.6. The predicted molar refractivity (Wildman–Crippen MR) is 75.2 cm³/mol. The minimum absolute atomic E-state index is 0.0396. The summed E-state index contributed by atoms with van der Waals surface area (Å²) in [7, 11) is 0. The van der Waals surface area contributed by atoms with Crippen molar-refractivity contribution in [3.63, 3.8) is 0 Å². The Kier molecular flexibility index (Phi) is 7.62. The van der Waals surface area contributed by atoms with Crippen LogP contribution in [0.4, 0.5) is 13.2 Å². The monoisotopic (exact) mass is 324 g/mol. The molecule has 0 aromatic heterocycles. The summed E-state index contributed by atoms with van der Waals surface area (Å²) in [6.45, 7) is 8.36. The Morgan fingerprint density at radius 1 is 1.23 bits per heavy atom. The number of carbonyl (C=O) groups is 2. The molecule has 2 atom stereocenters. The Bertz CT molecular complexity index is 397. The molecule has 0 bridgehead atoms. The standard InChI is InChI=1S/C15H23F3O4/c1-5-7-11(13(21)22-14(2,3)4)10(12(19)20)8-6-9-15(16,17)18/h5,10-11H,1,6-9H2,2-4H3,(H,19,20)/t10-,11-/m1/s1. The average Bonchev–Trinajstić information content (AvgIpc) is 2.28. The van der Waals surface area contributed by atoms with E-state index in [0.29, 0.717) is 0 Å². The van der Waals surface area contributed by atoms with Crippen LogP contribution < -0.4 is 0 Å². The number of hydrogen-bond donors (Lipinski definition) is 1. The quantitative estimate of drug-likeness (QED) is 0.542. The van der Waals surface area contributed by atoms with E-state index < -0.39 is 42.0 Å². The molecule has 0 radical (unpaired) electrons. The van der Waals surface area contributed by atoms with Gasteiger partial charge in [-0.15, -0.1) is 6.58 Å². The van der Waals surface area contributed by atoms with Crippen molar-refractivity contribution in [2.45, 2.75) is 58.2 Å². The second-order valence-electron chi connectivity index (χ2n) is 6.12. The van der Waals surface area contributed by atoms with Gasteiger partial charge >= 0.3 is 18.1 Å². The molecule has 0 rings (SSSR count). The third-order valence-electron chi connectivity index (χ3n) is 2.91. The summed E-state index contributed by atoms with van der Waals surface area (Å²) in [6.07, 6.45) is -4.61. The van der Waals surface area contributed by atoms with Crippen LogP contribution in [-0.2, 0) is 14.3 Å². The number of esters is 1. The maximum absolute atomic E-state index is 12.2. The van der Waals surface area contributed by atoms with Crippen LogP contribution in [0.2, 0.25) is 0 Å². The number of ether oxygens (including phenoxy) is 1. The number of carboxylic acids is 1. The molecule has 0 aromatic rings. The number of alkyl halides is 3. The molecule has 0 aliphatic carbocycles. The van der Waals surface area contributed by atoms with E-state index in [1.165, 1.54) is 6.08 Å². The first kappa shape index (κ1) is 20.5. The molecule has 0 heterocycles. The second-order valence-corrected chi connectivity index (χ2v) is 6.12. The first-order valence-electron chi connectivity index (χ1n) is 7.00. The molecule has 0 saturated heterocycles. The normalized spacial score (nSPS) is 15.0. The lowest BCUT2D eigenvalue weighted by molar-refractivity contribution is -0.167. The van der Waals surface area contributed by atoms with E-state index in [1.54, 1.807) is 20.8 Å². The summed E-state index contributed by atoms with van der Waals surface area (Å²) in [5.74, 6) is -4.30. The van der Waals surface area contributed by atoms with Crippen LogP contribution in [0.5, 0.6) is 0 Å². The van der Waals surface area contributed by atoms with Gasteiger partial charge in [0.15, 0.2) is 0 Å². The number of carboxylic acid groups (broad SMARTS) is 1. The van der Waals surface area contributed by atoms with Crippen LogP contribution in [-0.4, -0.2) is 28.8 Å². The molecule has 0 amide bonds. The molecule has 0 fully saturated rings. The van der Waals surface area contributed by atoms with Crippen LogP contribution >= 0.6 is 0 Å². The minimum atomic E-state index is -4.34. The lowest BCUT2D eigenvalue weighted by Gasteiger charge is -2.26. The molecule has 0 spiro atoms. The molecule has 22 heavy (non-hydrogen) atoms. The van der Waals surface area contributed by atoms with Crippen molar-refractivity contribution in [2.75, 3.05) is 0 Å². The number of carbonyl (C=O) groups excluding carboxylic acids is 1. The first-order chi connectivity index (χ1) is 9.87. The molecular formula is C15H23F3O4. The van der Waals surface area contributed by atoms with Crippen molar-refractivity contribution in [3.8, 4) is 0 Å². The summed E-state index contributed by atoms with van der Waals surface area (Å²) >= 11 is 0. The number of rotatable bonds is 8. The van der Waals surface area contributed by atoms with Gasteiger partial charge in [0.1, 0.15) is 5.60 Å². The van der Waals surface area contributed by atoms with Crippen LogP contribution in [0, 0.1) is 11.8 Å². The summed E-state index contributed by atoms with van der Waals surface area (Å²) in [5.41, 5.74) is -0.800. The first-order valence-corrected chi connectivity index (χ1v) is 7.00. The maximum atomic E-state index is 12.2. The Morgan fingerprint density at radius 2 is 1.77 bits per heavy atom. The molecule has 1 N–H and O–H groups in total. The number of halogens is 3. The highest BCUT2D eigenvalue weighted by atomic mass is 19.4. The lowest BCUT2D eigenvalue weighted by Crippen LogP contribution is -2.35. The third-order valence-corrected chi connectivity index (χ3v) is 2.91. The van der Waals surface area contributed by atoms with E-state index in [0.717, 1.165) is 0 Å². The largest absolute Gasteiger partial charge is 0.481 e. The smallest absolute Gasteiger partial charge is 0.389 e. The van der Waals surface area contributed by atoms with Gasteiger partial charge in [-0.25, -0.2) is 0 Å². The van der Waals surface area contributed by atoms with Crippen LogP contribution in [0.15, 0.2) is 12.7 Å². The SMILES string of the molecule is C=CC[C@@H](C(=O)OC(C)(C)C)[C@@H](CCCC(F)(F)F)C(=O)O. The molecule has 0 saturated carbocycles. The second kappa shape index (κ2) is 8.19. The van der Waals surface area contributed by atoms with E-state index in [1.807, 2.05) is 0 Å². The highest BCUT2D eigenvalue weighted by molar-refractivity contribution is 5.81. The van der Waals surface area contributed by atoms with Crippen LogP contribution in [0.3, 0.4) is 0 Å². The molecule has 0 unspecified atom stereocenters. The highest BCUT2D eigenvalue weighted by Gasteiger charge is 2.36. The summed E-state index contributed by atoms with van der Waals surface area (Å²) in [5, 5.41) is 9.22. The van der Waals surface area contributed by atoms with Gasteiger partial charge in [0.05, 0.1) is 11.8 Å². The summed E-state index contributed by atoms with van der Waals surface area (Å²) in [4.78, 5) is 23.4. The van der Waals surface area contributed by atoms with Gasteiger partial charge in [0.25, 0.3) is 0 Å². The predicted octanol–water partition coefficient (Wildman–Crippen LogP) is 3.95. The van der Waals surface area contributed by atoms with Crippen molar-refractivity contribution in [2.24, 2.45) is 11.8 Å². The topological polar surface area (TPSA) is 63.6 Å². The number of hydrogen-bond acceptors (Lipinski definition) is 3. The number of aliphatic carboxylic acids is 1. The molecular weight excluding hydrogens is 301 g/mol. The van der Waals surface area contributed by atoms with Gasteiger partial charge in [0, 0.05) is 6.42 Å². The number of allylic oxidation sites excluding steroid dienone is 1. The zero-order valence-corrected chi connectivity index (χ0v) is 13.1. The van der Waals surface area contributed by atoms with Crippen molar-refractivity contribution in [1.29, 1.82) is 0 Å². The molecule has 0 aliphatic rings. The molecule has 7 heteroatoms. The van der Waals surface area contributed by atoms with Crippen molar-refractivity contribution < 1.29 is 32.6 Å². The van der Waals surface area contributed by atoms with Gasteiger partial charge in [-0.3, -0.25) is 9.59 Å². The van der Waals surface area contributed by atoms with E-state index in [4.69, 9.17) is 4.74 Å². The Labute approximate surface area is 128 Å². The van der Waals surface area contributed by atoms with E-state index in [9.17, 15) is 27.9 Å². The Morgan fingerprint density at radius 3 is 2.14 bits per heavy atom. The average molecular weight is 324 g/mol. The van der Waals surface area contributed by atoms with Gasteiger partial charge < -0.3 is 9.84 Å². The maximum Gasteiger partial charge on any atom is 0.389 e. The van der Waals surface area contributed by atoms with Gasteiger partial charge in [0.2, 0.25) is 0 Å². The molecule has 4 nitrogen and oxygen atoms in total. The van der Waals surface area contributed by atoms with Gasteiger partial charge in [-0.05, 0) is 40.0 Å². The Balaban J connectivity index is 4.99. The molecule has 0 aromatic carbocycles. The highest BCUT2D eigenvalue weighted by Crippen LogP contribution is 2.29. The fraction of sp³-hybridized carbons (Fsp3) is 0.733. The molecule has 128 valence electrons. The summed E-state index contributed by atoms with van der Waals surface area (Å²) < 4.78 is 41.7.